The van der Waals surface area contributed by atoms with Crippen molar-refractivity contribution in [2.75, 3.05) is 6.26 Å². The van der Waals surface area contributed by atoms with Gasteiger partial charge in [0.1, 0.15) is 5.82 Å². The number of nitrogens with one attached hydrogen (secondary N) is 1. The van der Waals surface area contributed by atoms with Crippen molar-refractivity contribution in [3.05, 3.63) is 64.2 Å². The van der Waals surface area contributed by atoms with Crippen molar-refractivity contribution in [2.24, 2.45) is 0 Å². The first-order chi connectivity index (χ1) is 12.3. The summed E-state index contributed by atoms with van der Waals surface area (Å²) in [5.41, 5.74) is 2.48. The Morgan fingerprint density at radius 1 is 1.08 bits per heavy atom. The molecule has 0 amide bonds. The van der Waals surface area contributed by atoms with Crippen molar-refractivity contribution in [1.82, 2.24) is 19.5 Å². The average Bonchev–Trinajstić information content (AvgIpc) is 2.95. The van der Waals surface area contributed by atoms with Crippen LogP contribution >= 0.6 is 0 Å². The first-order valence-electron chi connectivity index (χ1n) is 7.98. The zero-order chi connectivity index (χ0) is 18.5. The molecule has 0 fully saturated rings. The summed E-state index contributed by atoms with van der Waals surface area (Å²) in [4.78, 5) is 23.9. The molecule has 0 spiro atoms. The fourth-order valence-electron chi connectivity index (χ4n) is 3.07. The van der Waals surface area contributed by atoms with Gasteiger partial charge in [0.25, 0.3) is 5.56 Å². The predicted octanol–water partition coefficient (Wildman–Crippen LogP) is 2.03. The van der Waals surface area contributed by atoms with E-state index in [0.29, 0.717) is 27.8 Å². The summed E-state index contributed by atoms with van der Waals surface area (Å²) in [5, 5.41) is 0.457. The Hall–Kier alpha value is -3.00. The quantitative estimate of drug-likeness (QED) is 0.597. The highest BCUT2D eigenvalue weighted by molar-refractivity contribution is 7.90. The summed E-state index contributed by atoms with van der Waals surface area (Å²) in [5.74, 6) is 0.379. The van der Waals surface area contributed by atoms with Crippen molar-refractivity contribution in [1.29, 1.82) is 0 Å². The van der Waals surface area contributed by atoms with E-state index in [0.717, 1.165) is 11.8 Å². The van der Waals surface area contributed by atoms with Crippen LogP contribution in [0.4, 0.5) is 0 Å². The summed E-state index contributed by atoms with van der Waals surface area (Å²) in [6, 6.07) is 12.6. The Kier molecular flexibility index (Phi) is 3.66. The lowest BCUT2D eigenvalue weighted by molar-refractivity contribution is 0.578. The van der Waals surface area contributed by atoms with Gasteiger partial charge in [-0.05, 0) is 30.7 Å². The van der Waals surface area contributed by atoms with Crippen LogP contribution in [0, 0.1) is 6.92 Å². The fourth-order valence-corrected chi connectivity index (χ4v) is 3.89. The molecule has 0 atom stereocenters. The average molecular weight is 368 g/mol. The molecule has 0 aliphatic heterocycles. The molecule has 0 saturated heterocycles. The second-order valence-electron chi connectivity index (χ2n) is 6.23. The number of imidazole rings is 1. The van der Waals surface area contributed by atoms with Gasteiger partial charge in [-0.25, -0.2) is 18.4 Å². The van der Waals surface area contributed by atoms with Gasteiger partial charge in [-0.1, -0.05) is 24.3 Å². The number of aromatic amines is 1. The molecule has 0 saturated carbocycles. The van der Waals surface area contributed by atoms with Crippen LogP contribution in [-0.4, -0.2) is 34.2 Å². The van der Waals surface area contributed by atoms with Crippen molar-refractivity contribution >= 4 is 31.8 Å². The summed E-state index contributed by atoms with van der Waals surface area (Å²) in [6.45, 7) is 1.98. The minimum atomic E-state index is -3.54. The molecule has 2 heterocycles. The Bertz CT molecular complexity index is 1320. The van der Waals surface area contributed by atoms with Crippen molar-refractivity contribution in [2.45, 2.75) is 18.6 Å². The van der Waals surface area contributed by atoms with Gasteiger partial charge >= 0.3 is 0 Å². The zero-order valence-corrected chi connectivity index (χ0v) is 15.0. The summed E-state index contributed by atoms with van der Waals surface area (Å²) < 4.78 is 25.9. The van der Waals surface area contributed by atoms with Gasteiger partial charge in [0.05, 0.1) is 28.5 Å². The highest BCUT2D eigenvalue weighted by Crippen LogP contribution is 2.21. The summed E-state index contributed by atoms with van der Waals surface area (Å²) >= 11 is 0. The third-order valence-electron chi connectivity index (χ3n) is 4.25. The monoisotopic (exact) mass is 368 g/mol. The van der Waals surface area contributed by atoms with E-state index in [9.17, 15) is 13.2 Å². The SMILES string of the molecule is Cc1cccc2c(=O)[nH]c(Cn3c(S(C)(=O)=O)nc4ccccc43)nc12. The minimum absolute atomic E-state index is 0.0498. The van der Waals surface area contributed by atoms with Crippen LogP contribution in [0.25, 0.3) is 21.9 Å². The maximum Gasteiger partial charge on any atom is 0.258 e. The third kappa shape index (κ3) is 2.68. The molecular formula is C18H16N4O3S. The molecule has 0 unspecified atom stereocenters. The number of benzene rings is 2. The number of fused-ring (bicyclic) bond motifs is 2. The molecule has 0 radical (unpaired) electrons. The molecular weight excluding hydrogens is 352 g/mol. The van der Waals surface area contributed by atoms with Crippen molar-refractivity contribution < 1.29 is 8.42 Å². The Balaban J connectivity index is 1.95. The van der Waals surface area contributed by atoms with E-state index in [1.54, 1.807) is 34.9 Å². The van der Waals surface area contributed by atoms with E-state index in [-0.39, 0.29) is 17.3 Å². The first-order valence-corrected chi connectivity index (χ1v) is 9.87. The summed E-state index contributed by atoms with van der Waals surface area (Å²) in [6.07, 6.45) is 1.12. The van der Waals surface area contributed by atoms with Crippen LogP contribution in [-0.2, 0) is 16.4 Å². The first kappa shape index (κ1) is 16.5. The molecule has 0 bridgehead atoms. The predicted molar refractivity (Wildman–Crippen MR) is 99.0 cm³/mol. The Labute approximate surface area is 149 Å². The lowest BCUT2D eigenvalue weighted by atomic mass is 10.1. The maximum atomic E-state index is 12.4. The fraction of sp³-hybridized carbons (Fsp3) is 0.167. The number of sulfone groups is 1. The number of aromatic nitrogens is 4. The second kappa shape index (κ2) is 5.77. The highest BCUT2D eigenvalue weighted by atomic mass is 32.2. The molecule has 132 valence electrons. The number of H-pyrrole nitrogens is 1. The number of hydrogen-bond donors (Lipinski definition) is 1. The van der Waals surface area contributed by atoms with Gasteiger partial charge in [-0.3, -0.25) is 4.79 Å². The molecule has 8 heteroatoms. The normalized spacial score (nSPS) is 12.1. The van der Waals surface area contributed by atoms with Crippen molar-refractivity contribution in [3.8, 4) is 0 Å². The maximum absolute atomic E-state index is 12.4. The zero-order valence-electron chi connectivity index (χ0n) is 14.2. The lowest BCUT2D eigenvalue weighted by Gasteiger charge is -2.09. The molecule has 2 aromatic heterocycles. The van der Waals surface area contributed by atoms with Crippen LogP contribution in [0.15, 0.2) is 52.4 Å². The van der Waals surface area contributed by atoms with Gasteiger partial charge in [-0.15, -0.1) is 0 Å². The number of rotatable bonds is 3. The van der Waals surface area contributed by atoms with E-state index in [1.165, 1.54) is 0 Å². The highest BCUT2D eigenvalue weighted by Gasteiger charge is 2.20. The number of nitrogens with zero attached hydrogens (tertiary/aromatic N) is 3. The molecule has 2 aromatic carbocycles. The smallest absolute Gasteiger partial charge is 0.258 e. The van der Waals surface area contributed by atoms with Gasteiger partial charge < -0.3 is 9.55 Å². The van der Waals surface area contributed by atoms with Crippen molar-refractivity contribution in [3.63, 3.8) is 0 Å². The molecule has 1 N–H and O–H groups in total. The van der Waals surface area contributed by atoms with Crippen LogP contribution in [0.3, 0.4) is 0 Å². The van der Waals surface area contributed by atoms with E-state index in [1.807, 2.05) is 19.1 Å². The minimum Gasteiger partial charge on any atom is -0.308 e. The van der Waals surface area contributed by atoms with Gasteiger partial charge in [0.15, 0.2) is 0 Å². The van der Waals surface area contributed by atoms with Gasteiger partial charge in [-0.2, -0.15) is 0 Å². The molecule has 0 aliphatic rings. The molecule has 4 aromatic rings. The van der Waals surface area contributed by atoms with E-state index >= 15 is 0 Å². The topological polar surface area (TPSA) is 97.7 Å². The standard InChI is InChI=1S/C18H16N4O3S/c1-11-6-5-7-12-16(11)20-15(21-17(12)23)10-22-14-9-4-3-8-13(14)19-18(22)26(2,24)25/h3-9H,10H2,1-2H3,(H,20,21,23). The summed E-state index contributed by atoms with van der Waals surface area (Å²) in [7, 11) is -3.54. The van der Waals surface area contributed by atoms with E-state index in [4.69, 9.17) is 0 Å². The molecule has 26 heavy (non-hydrogen) atoms. The van der Waals surface area contributed by atoms with Gasteiger partial charge in [0.2, 0.25) is 15.0 Å². The van der Waals surface area contributed by atoms with Crippen LogP contribution < -0.4 is 5.56 Å². The van der Waals surface area contributed by atoms with E-state index < -0.39 is 9.84 Å². The van der Waals surface area contributed by atoms with Crippen LogP contribution in [0.5, 0.6) is 0 Å². The number of hydrogen-bond acceptors (Lipinski definition) is 5. The Morgan fingerprint density at radius 2 is 1.85 bits per heavy atom. The number of para-hydroxylation sites is 3. The molecule has 0 aliphatic carbocycles. The third-order valence-corrected chi connectivity index (χ3v) is 5.22. The molecule has 4 rings (SSSR count). The molecule has 7 nitrogen and oxygen atoms in total. The van der Waals surface area contributed by atoms with Crippen LogP contribution in [0.2, 0.25) is 0 Å². The second-order valence-corrected chi connectivity index (χ2v) is 8.13. The number of aryl methyl sites for hydroxylation is 1. The van der Waals surface area contributed by atoms with E-state index in [2.05, 4.69) is 15.0 Å². The Morgan fingerprint density at radius 3 is 2.62 bits per heavy atom. The lowest BCUT2D eigenvalue weighted by Crippen LogP contribution is -2.17. The van der Waals surface area contributed by atoms with Crippen LogP contribution in [0.1, 0.15) is 11.4 Å². The van der Waals surface area contributed by atoms with Gasteiger partial charge in [0, 0.05) is 6.26 Å². The largest absolute Gasteiger partial charge is 0.308 e.